The largest absolute Gasteiger partial charge is 0.494 e. The predicted octanol–water partition coefficient (Wildman–Crippen LogP) is 2.11. The molecule has 0 radical (unpaired) electrons. The van der Waals surface area contributed by atoms with Gasteiger partial charge in [0, 0.05) is 37.3 Å². The van der Waals surface area contributed by atoms with Crippen molar-refractivity contribution in [3.8, 4) is 5.75 Å². The Bertz CT molecular complexity index is 692. The molecule has 6 heteroatoms. The van der Waals surface area contributed by atoms with Gasteiger partial charge in [-0.25, -0.2) is 4.39 Å². The number of benzene rings is 1. The van der Waals surface area contributed by atoms with E-state index in [1.165, 1.54) is 19.2 Å². The van der Waals surface area contributed by atoms with Gasteiger partial charge in [-0.2, -0.15) is 5.10 Å². The van der Waals surface area contributed by atoms with Crippen molar-refractivity contribution in [2.24, 2.45) is 5.92 Å². The summed E-state index contributed by atoms with van der Waals surface area (Å²) in [5.41, 5.74) is 1.48. The second-order valence-electron chi connectivity index (χ2n) is 5.67. The number of halogens is 1. The molecule has 1 aliphatic heterocycles. The summed E-state index contributed by atoms with van der Waals surface area (Å²) in [4.78, 5) is 14.0. The monoisotopic (exact) mass is 303 g/mol. The maximum atomic E-state index is 13.7. The lowest BCUT2D eigenvalue weighted by Gasteiger charge is -2.39. The number of nitrogens with zero attached hydrogens (tertiary/aromatic N) is 3. The van der Waals surface area contributed by atoms with Crippen LogP contribution in [-0.4, -0.2) is 40.8 Å². The molecule has 22 heavy (non-hydrogen) atoms. The molecule has 0 spiro atoms. The number of methoxy groups -OCH3 is 1. The number of rotatable bonds is 4. The molecule has 2 heterocycles. The molecule has 2 aromatic rings. The van der Waals surface area contributed by atoms with E-state index >= 15 is 0 Å². The van der Waals surface area contributed by atoms with Crippen molar-refractivity contribution in [3.63, 3.8) is 0 Å². The van der Waals surface area contributed by atoms with Crippen molar-refractivity contribution in [1.82, 2.24) is 14.7 Å². The third-order valence-corrected chi connectivity index (χ3v) is 3.85. The molecule has 1 aliphatic rings. The zero-order chi connectivity index (χ0) is 15.7. The highest BCUT2D eigenvalue weighted by Gasteiger charge is 2.31. The van der Waals surface area contributed by atoms with Gasteiger partial charge in [-0.1, -0.05) is 0 Å². The molecule has 5 nitrogen and oxygen atoms in total. The maximum absolute atomic E-state index is 13.7. The third-order valence-electron chi connectivity index (χ3n) is 3.85. The Hall–Kier alpha value is -2.37. The Kier molecular flexibility index (Phi) is 3.83. The number of hydrogen-bond donors (Lipinski definition) is 0. The van der Waals surface area contributed by atoms with Crippen molar-refractivity contribution < 1.29 is 13.9 Å². The molecule has 0 atom stereocenters. The lowest BCUT2D eigenvalue weighted by atomic mass is 9.99. The van der Waals surface area contributed by atoms with Crippen molar-refractivity contribution in [1.29, 1.82) is 0 Å². The molecule has 0 bridgehead atoms. The van der Waals surface area contributed by atoms with Gasteiger partial charge in [0.15, 0.2) is 11.6 Å². The number of likely N-dealkylation sites (tertiary alicyclic amines) is 1. The average molecular weight is 303 g/mol. The van der Waals surface area contributed by atoms with Crippen LogP contribution in [0, 0.1) is 18.7 Å². The van der Waals surface area contributed by atoms with Gasteiger partial charge in [-0.3, -0.25) is 9.48 Å². The Morgan fingerprint density at radius 1 is 1.45 bits per heavy atom. The highest BCUT2D eigenvalue weighted by molar-refractivity contribution is 5.94. The second kappa shape index (κ2) is 5.79. The van der Waals surface area contributed by atoms with Crippen LogP contribution in [0.25, 0.3) is 0 Å². The second-order valence-corrected chi connectivity index (χ2v) is 5.67. The highest BCUT2D eigenvalue weighted by Crippen LogP contribution is 2.23. The summed E-state index contributed by atoms with van der Waals surface area (Å²) in [5, 5.41) is 4.25. The molecule has 1 saturated heterocycles. The fourth-order valence-corrected chi connectivity index (χ4v) is 2.66. The van der Waals surface area contributed by atoms with Crippen molar-refractivity contribution in [3.05, 3.63) is 47.5 Å². The van der Waals surface area contributed by atoms with E-state index in [1.54, 1.807) is 11.0 Å². The molecule has 0 unspecified atom stereocenters. The number of carbonyl (C=O) groups excluding carboxylic acids is 1. The fourth-order valence-electron chi connectivity index (χ4n) is 2.66. The molecule has 1 aromatic heterocycles. The van der Waals surface area contributed by atoms with Crippen LogP contribution in [-0.2, 0) is 6.54 Å². The zero-order valence-corrected chi connectivity index (χ0v) is 12.6. The standard InChI is InChI=1S/C16H18FN3O2/c1-11-6-18-20(7-11)10-12-8-19(9-12)16(21)13-3-4-15(22-2)14(17)5-13/h3-7,12H,8-10H2,1-2H3. The number of hydrogen-bond acceptors (Lipinski definition) is 3. The van der Waals surface area contributed by atoms with Crippen LogP contribution in [0.3, 0.4) is 0 Å². The molecule has 116 valence electrons. The van der Waals surface area contributed by atoms with E-state index in [2.05, 4.69) is 5.10 Å². The highest BCUT2D eigenvalue weighted by atomic mass is 19.1. The van der Waals surface area contributed by atoms with Gasteiger partial charge in [0.25, 0.3) is 5.91 Å². The van der Waals surface area contributed by atoms with E-state index in [0.717, 1.165) is 12.1 Å². The minimum Gasteiger partial charge on any atom is -0.494 e. The summed E-state index contributed by atoms with van der Waals surface area (Å²) < 4.78 is 20.4. The molecule has 0 saturated carbocycles. The molecule has 1 fully saturated rings. The Morgan fingerprint density at radius 2 is 2.23 bits per heavy atom. The van der Waals surface area contributed by atoms with Gasteiger partial charge < -0.3 is 9.64 Å². The molecule has 1 amide bonds. The topological polar surface area (TPSA) is 47.4 Å². The number of aryl methyl sites for hydroxylation is 1. The molecular weight excluding hydrogens is 285 g/mol. The Morgan fingerprint density at radius 3 is 2.82 bits per heavy atom. The Labute approximate surface area is 128 Å². The van der Waals surface area contributed by atoms with Crippen LogP contribution in [0.2, 0.25) is 0 Å². The third kappa shape index (κ3) is 2.81. The summed E-state index contributed by atoms with van der Waals surface area (Å²) in [6.07, 6.45) is 3.81. The molecule has 0 N–H and O–H groups in total. The summed E-state index contributed by atoms with van der Waals surface area (Å²) in [7, 11) is 1.40. The Balaban J connectivity index is 1.58. The van der Waals surface area contributed by atoms with E-state index in [9.17, 15) is 9.18 Å². The van der Waals surface area contributed by atoms with Gasteiger partial charge in [0.2, 0.25) is 0 Å². The first kappa shape index (κ1) is 14.6. The summed E-state index contributed by atoms with van der Waals surface area (Å²) in [6, 6.07) is 4.30. The number of aromatic nitrogens is 2. The molecule has 1 aromatic carbocycles. The van der Waals surface area contributed by atoms with E-state index in [-0.39, 0.29) is 11.7 Å². The number of ether oxygens (including phenoxy) is 1. The van der Waals surface area contributed by atoms with E-state index in [4.69, 9.17) is 4.74 Å². The van der Waals surface area contributed by atoms with Gasteiger partial charge >= 0.3 is 0 Å². The quantitative estimate of drug-likeness (QED) is 0.869. The fraction of sp³-hybridized carbons (Fsp3) is 0.375. The minimum atomic E-state index is -0.516. The lowest BCUT2D eigenvalue weighted by Crippen LogP contribution is -2.51. The normalized spacial score (nSPS) is 14.8. The van der Waals surface area contributed by atoms with Crippen LogP contribution in [0.4, 0.5) is 4.39 Å². The van der Waals surface area contributed by atoms with Crippen LogP contribution in [0.5, 0.6) is 5.75 Å². The van der Waals surface area contributed by atoms with E-state index < -0.39 is 5.82 Å². The zero-order valence-electron chi connectivity index (χ0n) is 12.6. The summed E-state index contributed by atoms with van der Waals surface area (Å²) in [6.45, 7) is 4.14. The number of amides is 1. The lowest BCUT2D eigenvalue weighted by molar-refractivity contribution is 0.0461. The van der Waals surface area contributed by atoms with E-state index in [0.29, 0.717) is 24.6 Å². The smallest absolute Gasteiger partial charge is 0.253 e. The van der Waals surface area contributed by atoms with E-state index in [1.807, 2.05) is 24.0 Å². The minimum absolute atomic E-state index is 0.144. The van der Waals surface area contributed by atoms with Gasteiger partial charge in [-0.15, -0.1) is 0 Å². The first-order valence-electron chi connectivity index (χ1n) is 7.18. The van der Waals surface area contributed by atoms with Crippen LogP contribution in [0.15, 0.2) is 30.6 Å². The summed E-state index contributed by atoms with van der Waals surface area (Å²) in [5.74, 6) is -0.120. The van der Waals surface area contributed by atoms with Crippen LogP contribution >= 0.6 is 0 Å². The SMILES string of the molecule is COc1ccc(C(=O)N2CC(Cn3cc(C)cn3)C2)cc1F. The van der Waals surface area contributed by atoms with Crippen LogP contribution in [0.1, 0.15) is 15.9 Å². The predicted molar refractivity (Wildman–Crippen MR) is 79.3 cm³/mol. The first-order chi connectivity index (χ1) is 10.6. The number of carbonyl (C=O) groups is 1. The molecule has 0 aliphatic carbocycles. The molecule has 3 rings (SSSR count). The van der Waals surface area contributed by atoms with Crippen molar-refractivity contribution in [2.75, 3.05) is 20.2 Å². The maximum Gasteiger partial charge on any atom is 0.253 e. The van der Waals surface area contributed by atoms with Gasteiger partial charge in [-0.05, 0) is 30.7 Å². The average Bonchev–Trinajstić information content (AvgIpc) is 2.87. The van der Waals surface area contributed by atoms with Crippen molar-refractivity contribution in [2.45, 2.75) is 13.5 Å². The van der Waals surface area contributed by atoms with Crippen LogP contribution < -0.4 is 4.74 Å². The van der Waals surface area contributed by atoms with Gasteiger partial charge in [0.05, 0.1) is 13.3 Å². The summed E-state index contributed by atoms with van der Waals surface area (Å²) >= 11 is 0. The van der Waals surface area contributed by atoms with Crippen molar-refractivity contribution >= 4 is 5.91 Å². The first-order valence-corrected chi connectivity index (χ1v) is 7.18. The molecular formula is C16H18FN3O2. The van der Waals surface area contributed by atoms with Gasteiger partial charge in [0.1, 0.15) is 0 Å².